The Bertz CT molecular complexity index is 570. The number of rotatable bonds is 4. The number of amides is 1. The summed E-state index contributed by atoms with van der Waals surface area (Å²) in [5.74, 6) is -1.36. The van der Waals surface area contributed by atoms with Crippen molar-refractivity contribution >= 4 is 11.6 Å². The first-order valence-corrected chi connectivity index (χ1v) is 5.58. The molecule has 0 saturated carbocycles. The third-order valence-electron chi connectivity index (χ3n) is 2.32. The van der Waals surface area contributed by atoms with Gasteiger partial charge in [-0.15, -0.1) is 0 Å². The lowest BCUT2D eigenvalue weighted by molar-refractivity contribution is -0.118. The number of hydrogen-bond acceptors (Lipinski definition) is 2. The van der Waals surface area contributed by atoms with Crippen LogP contribution in [0.5, 0.6) is 5.75 Å². The van der Waals surface area contributed by atoms with E-state index in [1.807, 2.05) is 0 Å². The molecule has 2 rings (SSSR count). The third kappa shape index (κ3) is 3.77. The number of benzene rings is 2. The standard InChI is InChI=1S/C14H11F2NO2/c15-10-5-7-11(8-6-10)17-14(18)9-19-13-4-2-1-3-12(13)16/h1-8H,9H2,(H,17,18). The molecule has 0 aliphatic carbocycles. The Balaban J connectivity index is 1.88. The zero-order valence-electron chi connectivity index (χ0n) is 9.90. The van der Waals surface area contributed by atoms with Crippen LogP contribution in [0, 0.1) is 11.6 Å². The number of ether oxygens (including phenoxy) is 1. The smallest absolute Gasteiger partial charge is 0.262 e. The Kier molecular flexibility index (Phi) is 4.07. The molecule has 0 spiro atoms. The van der Waals surface area contributed by atoms with Gasteiger partial charge in [0.1, 0.15) is 5.82 Å². The van der Waals surface area contributed by atoms with Gasteiger partial charge in [-0.2, -0.15) is 0 Å². The molecule has 2 aromatic rings. The van der Waals surface area contributed by atoms with E-state index in [-0.39, 0.29) is 18.2 Å². The van der Waals surface area contributed by atoms with Crippen molar-refractivity contribution in [2.75, 3.05) is 11.9 Å². The van der Waals surface area contributed by atoms with Crippen molar-refractivity contribution in [2.45, 2.75) is 0 Å². The molecule has 0 saturated heterocycles. The molecule has 0 aliphatic rings. The van der Waals surface area contributed by atoms with Crippen molar-refractivity contribution < 1.29 is 18.3 Å². The number of carbonyl (C=O) groups excluding carboxylic acids is 1. The third-order valence-corrected chi connectivity index (χ3v) is 2.32. The van der Waals surface area contributed by atoms with Crippen LogP contribution in [0.3, 0.4) is 0 Å². The van der Waals surface area contributed by atoms with Gasteiger partial charge in [0.25, 0.3) is 5.91 Å². The summed E-state index contributed by atoms with van der Waals surface area (Å²) in [4.78, 5) is 11.5. The van der Waals surface area contributed by atoms with Gasteiger partial charge in [-0.25, -0.2) is 8.78 Å². The van der Waals surface area contributed by atoms with E-state index in [9.17, 15) is 13.6 Å². The molecule has 5 heteroatoms. The predicted octanol–water partition coefficient (Wildman–Crippen LogP) is 2.98. The molecule has 0 atom stereocenters. The molecule has 0 heterocycles. The van der Waals surface area contributed by atoms with Crippen LogP contribution in [0.15, 0.2) is 48.5 Å². The lowest BCUT2D eigenvalue weighted by atomic mass is 10.3. The summed E-state index contributed by atoms with van der Waals surface area (Å²) in [5.41, 5.74) is 0.448. The molecule has 2 aromatic carbocycles. The van der Waals surface area contributed by atoms with Gasteiger partial charge in [-0.3, -0.25) is 4.79 Å². The van der Waals surface area contributed by atoms with Crippen molar-refractivity contribution in [3.05, 3.63) is 60.2 Å². The Hall–Kier alpha value is -2.43. The number of anilines is 1. The maximum atomic E-state index is 13.2. The van der Waals surface area contributed by atoms with Crippen molar-refractivity contribution in [1.29, 1.82) is 0 Å². The zero-order chi connectivity index (χ0) is 13.7. The summed E-state index contributed by atoms with van der Waals surface area (Å²) in [6.07, 6.45) is 0. The summed E-state index contributed by atoms with van der Waals surface area (Å²) in [6, 6.07) is 11.1. The van der Waals surface area contributed by atoms with Crippen molar-refractivity contribution in [3.8, 4) is 5.75 Å². The van der Waals surface area contributed by atoms with E-state index in [1.54, 1.807) is 6.07 Å². The number of nitrogens with one attached hydrogen (secondary N) is 1. The van der Waals surface area contributed by atoms with Crippen LogP contribution in [-0.4, -0.2) is 12.5 Å². The first-order valence-electron chi connectivity index (χ1n) is 5.58. The van der Waals surface area contributed by atoms with E-state index in [4.69, 9.17) is 4.74 Å². The van der Waals surface area contributed by atoms with E-state index in [0.29, 0.717) is 5.69 Å². The van der Waals surface area contributed by atoms with Crippen LogP contribution in [0.4, 0.5) is 14.5 Å². The second-order valence-corrected chi connectivity index (χ2v) is 3.77. The average molecular weight is 263 g/mol. The second-order valence-electron chi connectivity index (χ2n) is 3.77. The summed E-state index contributed by atoms with van der Waals surface area (Å²) >= 11 is 0. The van der Waals surface area contributed by atoms with E-state index >= 15 is 0 Å². The molecule has 0 aromatic heterocycles. The first kappa shape index (κ1) is 13.0. The average Bonchev–Trinajstić information content (AvgIpc) is 2.40. The SMILES string of the molecule is O=C(COc1ccccc1F)Nc1ccc(F)cc1. The molecule has 3 nitrogen and oxygen atoms in total. The van der Waals surface area contributed by atoms with E-state index < -0.39 is 11.7 Å². The normalized spacial score (nSPS) is 10.0. The van der Waals surface area contributed by atoms with Gasteiger partial charge >= 0.3 is 0 Å². The fourth-order valence-corrected chi connectivity index (χ4v) is 1.44. The number of hydrogen-bond donors (Lipinski definition) is 1. The molecule has 1 N–H and O–H groups in total. The second kappa shape index (κ2) is 5.95. The Morgan fingerprint density at radius 2 is 1.74 bits per heavy atom. The van der Waals surface area contributed by atoms with E-state index in [2.05, 4.69) is 5.32 Å². The Morgan fingerprint density at radius 1 is 1.05 bits per heavy atom. The quantitative estimate of drug-likeness (QED) is 0.920. The van der Waals surface area contributed by atoms with Gasteiger partial charge in [0.05, 0.1) is 0 Å². The van der Waals surface area contributed by atoms with Crippen molar-refractivity contribution in [1.82, 2.24) is 0 Å². The molecule has 1 amide bonds. The highest BCUT2D eigenvalue weighted by Crippen LogP contribution is 2.15. The van der Waals surface area contributed by atoms with Gasteiger partial charge < -0.3 is 10.1 Å². The fraction of sp³-hybridized carbons (Fsp3) is 0.0714. The van der Waals surface area contributed by atoms with Gasteiger partial charge in [0.2, 0.25) is 0 Å². The van der Waals surface area contributed by atoms with Crippen LogP contribution in [-0.2, 0) is 4.79 Å². The van der Waals surface area contributed by atoms with Crippen LogP contribution in [0.1, 0.15) is 0 Å². The van der Waals surface area contributed by atoms with E-state index in [0.717, 1.165) is 0 Å². The van der Waals surface area contributed by atoms with Crippen LogP contribution in [0.25, 0.3) is 0 Å². The number of para-hydroxylation sites is 1. The summed E-state index contributed by atoms with van der Waals surface area (Å²) in [5, 5.41) is 2.51. The van der Waals surface area contributed by atoms with Gasteiger partial charge in [-0.1, -0.05) is 12.1 Å². The molecule has 0 aliphatic heterocycles. The highest BCUT2D eigenvalue weighted by molar-refractivity contribution is 5.91. The highest BCUT2D eigenvalue weighted by atomic mass is 19.1. The zero-order valence-corrected chi connectivity index (χ0v) is 9.90. The lowest BCUT2D eigenvalue weighted by Gasteiger charge is -2.08. The summed E-state index contributed by atoms with van der Waals surface area (Å²) in [6.45, 7) is -0.321. The topological polar surface area (TPSA) is 38.3 Å². The maximum Gasteiger partial charge on any atom is 0.262 e. The maximum absolute atomic E-state index is 13.2. The first-order chi connectivity index (χ1) is 9.15. The van der Waals surface area contributed by atoms with Crippen LogP contribution in [0.2, 0.25) is 0 Å². The largest absolute Gasteiger partial charge is 0.481 e. The molecule has 0 fully saturated rings. The molecule has 98 valence electrons. The molecular formula is C14H11F2NO2. The lowest BCUT2D eigenvalue weighted by Crippen LogP contribution is -2.20. The van der Waals surface area contributed by atoms with Crippen molar-refractivity contribution in [2.24, 2.45) is 0 Å². The van der Waals surface area contributed by atoms with Crippen LogP contribution >= 0.6 is 0 Å². The minimum atomic E-state index is -0.530. The predicted molar refractivity (Wildman–Crippen MR) is 66.9 cm³/mol. The summed E-state index contributed by atoms with van der Waals surface area (Å²) in [7, 11) is 0. The number of halogens is 2. The molecule has 0 unspecified atom stereocenters. The molecular weight excluding hydrogens is 252 g/mol. The monoisotopic (exact) mass is 263 g/mol. The minimum Gasteiger partial charge on any atom is -0.481 e. The van der Waals surface area contributed by atoms with Gasteiger partial charge in [-0.05, 0) is 36.4 Å². The number of carbonyl (C=O) groups is 1. The van der Waals surface area contributed by atoms with Crippen LogP contribution < -0.4 is 10.1 Å². The molecule has 0 bridgehead atoms. The van der Waals surface area contributed by atoms with Gasteiger partial charge in [0, 0.05) is 5.69 Å². The summed E-state index contributed by atoms with van der Waals surface area (Å²) < 4.78 is 30.9. The minimum absolute atomic E-state index is 0.0109. The Labute approximate surface area is 108 Å². The van der Waals surface area contributed by atoms with Gasteiger partial charge in [0.15, 0.2) is 18.2 Å². The van der Waals surface area contributed by atoms with E-state index in [1.165, 1.54) is 42.5 Å². The highest BCUT2D eigenvalue weighted by Gasteiger charge is 2.06. The van der Waals surface area contributed by atoms with Crippen molar-refractivity contribution in [3.63, 3.8) is 0 Å². The molecule has 0 radical (unpaired) electrons. The molecule has 19 heavy (non-hydrogen) atoms. The Morgan fingerprint density at radius 3 is 2.42 bits per heavy atom. The fourth-order valence-electron chi connectivity index (χ4n) is 1.44.